The zero-order valence-electron chi connectivity index (χ0n) is 15.9. The summed E-state index contributed by atoms with van der Waals surface area (Å²) in [5.74, 6) is 0. The van der Waals surface area contributed by atoms with E-state index < -0.39 is 0 Å². The molecule has 0 bridgehead atoms. The van der Waals surface area contributed by atoms with Crippen molar-refractivity contribution in [1.82, 2.24) is 9.47 Å². The maximum atomic E-state index is 2.65. The molecule has 1 aromatic heterocycles. The first kappa shape index (κ1) is 16.6. The third-order valence-electron chi connectivity index (χ3n) is 5.21. The molecule has 0 aliphatic carbocycles. The average Bonchev–Trinajstić information content (AvgIpc) is 2.99. The van der Waals surface area contributed by atoms with Crippen molar-refractivity contribution in [2.75, 3.05) is 20.1 Å². The Hall–Kier alpha value is -1.28. The van der Waals surface area contributed by atoms with E-state index >= 15 is 0 Å². The van der Waals surface area contributed by atoms with Crippen molar-refractivity contribution >= 4 is 10.9 Å². The van der Waals surface area contributed by atoms with E-state index in [9.17, 15) is 0 Å². The summed E-state index contributed by atoms with van der Waals surface area (Å²) in [7, 11) is 2.24. The molecule has 2 nitrogen and oxygen atoms in total. The molecule has 0 N–H and O–H groups in total. The van der Waals surface area contributed by atoms with E-state index in [0.29, 0.717) is 6.04 Å². The molecule has 126 valence electrons. The normalized spacial score (nSPS) is 20.6. The Morgan fingerprint density at radius 3 is 2.17 bits per heavy atom. The number of rotatable bonds is 1. The van der Waals surface area contributed by atoms with E-state index in [0.717, 1.165) is 6.54 Å². The zero-order valence-corrected chi connectivity index (χ0v) is 15.9. The van der Waals surface area contributed by atoms with Gasteiger partial charge in [0.2, 0.25) is 0 Å². The number of aromatic nitrogens is 1. The fourth-order valence-electron chi connectivity index (χ4n) is 3.78. The summed E-state index contributed by atoms with van der Waals surface area (Å²) in [6, 6.07) is 10.1. The van der Waals surface area contributed by atoms with Crippen LogP contribution in [0.5, 0.6) is 0 Å². The van der Waals surface area contributed by atoms with Crippen LogP contribution in [0.4, 0.5) is 0 Å². The van der Waals surface area contributed by atoms with Crippen molar-refractivity contribution in [2.24, 2.45) is 0 Å². The maximum Gasteiger partial charge on any atom is 0.0488 e. The van der Waals surface area contributed by atoms with Crippen molar-refractivity contribution in [3.05, 3.63) is 35.5 Å². The number of hydrogen-bond acceptors (Lipinski definition) is 1. The second kappa shape index (κ2) is 5.37. The standard InChI is InChI=1S/C21H32N2/c1-20(2,3)16-9-8-15-12-19(21(4,5)6)23(18(15)13-16)17-10-11-22(7)14-17/h8-9,12-13,17H,10-11,14H2,1-7H3. The van der Waals surface area contributed by atoms with Gasteiger partial charge in [-0.2, -0.15) is 0 Å². The summed E-state index contributed by atoms with van der Waals surface area (Å²) in [5, 5.41) is 1.39. The highest BCUT2D eigenvalue weighted by atomic mass is 15.2. The molecule has 1 fully saturated rings. The lowest BCUT2D eigenvalue weighted by Crippen LogP contribution is -2.23. The molecule has 0 saturated carbocycles. The number of likely N-dealkylation sites (N-methyl/N-ethyl adjacent to an activating group) is 1. The van der Waals surface area contributed by atoms with Crippen LogP contribution in [-0.2, 0) is 10.8 Å². The summed E-state index contributed by atoms with van der Waals surface area (Å²) in [6.45, 7) is 16.3. The van der Waals surface area contributed by atoms with Crippen molar-refractivity contribution in [3.8, 4) is 0 Å². The van der Waals surface area contributed by atoms with Gasteiger partial charge < -0.3 is 9.47 Å². The van der Waals surface area contributed by atoms with Crippen LogP contribution in [0.25, 0.3) is 10.9 Å². The molecule has 2 heteroatoms. The Morgan fingerprint density at radius 1 is 0.957 bits per heavy atom. The molecular weight excluding hydrogens is 280 g/mol. The van der Waals surface area contributed by atoms with Crippen LogP contribution in [0.2, 0.25) is 0 Å². The first-order chi connectivity index (χ1) is 10.6. The first-order valence-electron chi connectivity index (χ1n) is 8.92. The molecular formula is C21H32N2. The molecule has 1 aliphatic rings. The van der Waals surface area contributed by atoms with Gasteiger partial charge in [-0.05, 0) is 48.5 Å². The molecule has 1 aromatic carbocycles. The minimum atomic E-state index is 0.169. The quantitative estimate of drug-likeness (QED) is 0.710. The van der Waals surface area contributed by atoms with E-state index in [-0.39, 0.29) is 10.8 Å². The Labute approximate surface area is 141 Å². The maximum absolute atomic E-state index is 2.65. The predicted octanol–water partition coefficient (Wildman–Crippen LogP) is 5.11. The second-order valence-corrected chi connectivity index (χ2v) is 9.38. The predicted molar refractivity (Wildman–Crippen MR) is 100 cm³/mol. The second-order valence-electron chi connectivity index (χ2n) is 9.38. The zero-order chi connectivity index (χ0) is 17.0. The number of benzene rings is 1. The molecule has 2 heterocycles. The Balaban J connectivity index is 2.23. The van der Waals surface area contributed by atoms with Crippen LogP contribution in [0.3, 0.4) is 0 Å². The molecule has 0 radical (unpaired) electrons. The number of nitrogens with zero attached hydrogens (tertiary/aromatic N) is 2. The summed E-state index contributed by atoms with van der Waals surface area (Å²) >= 11 is 0. The van der Waals surface area contributed by atoms with Gasteiger partial charge in [0.05, 0.1) is 0 Å². The van der Waals surface area contributed by atoms with Crippen LogP contribution < -0.4 is 0 Å². The fraction of sp³-hybridized carbons (Fsp3) is 0.619. The third-order valence-corrected chi connectivity index (χ3v) is 5.21. The van der Waals surface area contributed by atoms with E-state index in [1.807, 2.05) is 0 Å². The van der Waals surface area contributed by atoms with E-state index in [4.69, 9.17) is 0 Å². The van der Waals surface area contributed by atoms with Crippen LogP contribution in [0.15, 0.2) is 24.3 Å². The Morgan fingerprint density at radius 2 is 1.65 bits per heavy atom. The van der Waals surface area contributed by atoms with Gasteiger partial charge in [0, 0.05) is 29.2 Å². The van der Waals surface area contributed by atoms with Crippen LogP contribution in [0.1, 0.15) is 65.3 Å². The summed E-state index contributed by atoms with van der Waals surface area (Å²) in [4.78, 5) is 2.45. The topological polar surface area (TPSA) is 8.17 Å². The smallest absolute Gasteiger partial charge is 0.0488 e. The van der Waals surface area contributed by atoms with Gasteiger partial charge >= 0.3 is 0 Å². The van der Waals surface area contributed by atoms with E-state index in [2.05, 4.69) is 82.3 Å². The lowest BCUT2D eigenvalue weighted by molar-refractivity contribution is 0.386. The largest absolute Gasteiger partial charge is 0.340 e. The molecule has 2 aromatic rings. The van der Waals surface area contributed by atoms with Gasteiger partial charge in [0.25, 0.3) is 0 Å². The Bertz CT molecular complexity index is 710. The van der Waals surface area contributed by atoms with Crippen LogP contribution >= 0.6 is 0 Å². The molecule has 1 unspecified atom stereocenters. The minimum absolute atomic E-state index is 0.169. The minimum Gasteiger partial charge on any atom is -0.340 e. The monoisotopic (exact) mass is 312 g/mol. The fourth-order valence-corrected chi connectivity index (χ4v) is 3.78. The molecule has 3 rings (SSSR count). The molecule has 1 atom stereocenters. The van der Waals surface area contributed by atoms with Crippen LogP contribution in [0, 0.1) is 0 Å². The highest BCUT2D eigenvalue weighted by Gasteiger charge is 2.29. The van der Waals surface area contributed by atoms with Crippen molar-refractivity contribution in [3.63, 3.8) is 0 Å². The third kappa shape index (κ3) is 3.06. The van der Waals surface area contributed by atoms with E-state index in [1.54, 1.807) is 0 Å². The molecule has 0 amide bonds. The highest BCUT2D eigenvalue weighted by molar-refractivity contribution is 5.83. The SMILES string of the molecule is CN1CCC(n2c(C(C)(C)C)cc3ccc(C(C)(C)C)cc32)C1. The first-order valence-corrected chi connectivity index (χ1v) is 8.92. The molecule has 1 saturated heterocycles. The lowest BCUT2D eigenvalue weighted by atomic mass is 9.87. The average molecular weight is 313 g/mol. The van der Waals surface area contributed by atoms with Gasteiger partial charge in [-0.1, -0.05) is 53.7 Å². The molecule has 1 aliphatic heterocycles. The molecule has 0 spiro atoms. The van der Waals surface area contributed by atoms with Crippen molar-refractivity contribution in [2.45, 2.75) is 64.8 Å². The molecule has 23 heavy (non-hydrogen) atoms. The summed E-state index contributed by atoms with van der Waals surface area (Å²) < 4.78 is 2.65. The number of fused-ring (bicyclic) bond motifs is 1. The summed E-state index contributed by atoms with van der Waals surface area (Å²) in [5.41, 5.74) is 4.68. The van der Waals surface area contributed by atoms with Gasteiger partial charge in [-0.3, -0.25) is 0 Å². The lowest BCUT2D eigenvalue weighted by Gasteiger charge is -2.26. The van der Waals surface area contributed by atoms with Crippen molar-refractivity contribution in [1.29, 1.82) is 0 Å². The Kier molecular flexibility index (Phi) is 3.87. The van der Waals surface area contributed by atoms with Crippen molar-refractivity contribution < 1.29 is 0 Å². The number of likely N-dealkylation sites (tertiary alicyclic amines) is 1. The van der Waals surface area contributed by atoms with Gasteiger partial charge in [-0.15, -0.1) is 0 Å². The summed E-state index contributed by atoms with van der Waals surface area (Å²) in [6.07, 6.45) is 1.25. The van der Waals surface area contributed by atoms with Gasteiger partial charge in [0.1, 0.15) is 0 Å². The van der Waals surface area contributed by atoms with E-state index in [1.165, 1.54) is 35.1 Å². The van der Waals surface area contributed by atoms with Gasteiger partial charge in [0.15, 0.2) is 0 Å². The number of hydrogen-bond donors (Lipinski definition) is 0. The van der Waals surface area contributed by atoms with Crippen LogP contribution in [-0.4, -0.2) is 29.6 Å². The highest BCUT2D eigenvalue weighted by Crippen LogP contribution is 2.37. The van der Waals surface area contributed by atoms with Gasteiger partial charge in [-0.25, -0.2) is 0 Å².